The number of hydrogen-bond acceptors (Lipinski definition) is 7. The molecule has 1 aliphatic carbocycles. The average molecular weight is 459 g/mol. The number of nitrogens with two attached hydrogens (primary N) is 1. The van der Waals surface area contributed by atoms with Crippen LogP contribution in [0.15, 0.2) is 54.9 Å². The Morgan fingerprint density at radius 3 is 2.71 bits per heavy atom. The second kappa shape index (κ2) is 9.11. The first kappa shape index (κ1) is 21.8. The summed E-state index contributed by atoms with van der Waals surface area (Å²) in [6.45, 7) is 0.373. The molecule has 1 unspecified atom stereocenters. The van der Waals surface area contributed by atoms with Crippen molar-refractivity contribution in [1.82, 2.24) is 25.1 Å². The quantitative estimate of drug-likeness (QED) is 0.405. The van der Waals surface area contributed by atoms with Crippen molar-refractivity contribution >= 4 is 22.8 Å². The van der Waals surface area contributed by atoms with E-state index in [4.69, 9.17) is 15.6 Å². The standard InChI is InChI=1S/C25H26N6O3/c1-34-20-5-3-2-4-19(20)25(33)27-13-15-6-8-16(9-7-15)22-21-23(26)28-14-29-24(21)31(30-22)17-10-11-18(32)12-17/h2-9,14,17-18,32H,10-13H2,1H3,(H,27,33)(H2,26,28,29)/t17-,18?/m1/s1. The van der Waals surface area contributed by atoms with Crippen molar-refractivity contribution in [3.8, 4) is 17.0 Å². The number of aliphatic hydroxyl groups is 1. The van der Waals surface area contributed by atoms with Crippen molar-refractivity contribution in [1.29, 1.82) is 0 Å². The second-order valence-electron chi connectivity index (χ2n) is 8.45. The molecule has 174 valence electrons. The maximum atomic E-state index is 12.6. The Hall–Kier alpha value is -3.98. The van der Waals surface area contributed by atoms with Gasteiger partial charge in [-0.05, 0) is 37.0 Å². The maximum Gasteiger partial charge on any atom is 0.255 e. The first-order valence-corrected chi connectivity index (χ1v) is 11.2. The van der Waals surface area contributed by atoms with Gasteiger partial charge in [0.05, 0.1) is 30.2 Å². The third-order valence-corrected chi connectivity index (χ3v) is 6.27. The van der Waals surface area contributed by atoms with Gasteiger partial charge < -0.3 is 20.9 Å². The molecule has 4 N–H and O–H groups in total. The molecule has 9 nitrogen and oxygen atoms in total. The molecule has 4 aromatic rings. The zero-order valence-electron chi connectivity index (χ0n) is 18.8. The number of amides is 1. The summed E-state index contributed by atoms with van der Waals surface area (Å²) in [6.07, 6.45) is 3.35. The van der Waals surface area contributed by atoms with Gasteiger partial charge in [0.25, 0.3) is 5.91 Å². The minimum atomic E-state index is -0.322. The van der Waals surface area contributed by atoms with Gasteiger partial charge in [0.1, 0.15) is 23.6 Å². The van der Waals surface area contributed by atoms with E-state index in [9.17, 15) is 9.90 Å². The number of methoxy groups -OCH3 is 1. The number of fused-ring (bicyclic) bond motifs is 1. The Bertz CT molecular complexity index is 1330. The van der Waals surface area contributed by atoms with Crippen LogP contribution in [0.4, 0.5) is 5.82 Å². The minimum Gasteiger partial charge on any atom is -0.496 e. The van der Waals surface area contributed by atoms with E-state index in [2.05, 4.69) is 15.3 Å². The smallest absolute Gasteiger partial charge is 0.255 e. The topological polar surface area (TPSA) is 128 Å². The lowest BCUT2D eigenvalue weighted by Crippen LogP contribution is -2.23. The summed E-state index contributed by atoms with van der Waals surface area (Å²) in [6, 6.07) is 15.0. The fourth-order valence-corrected chi connectivity index (χ4v) is 4.50. The molecule has 5 rings (SSSR count). The number of hydrogen-bond donors (Lipinski definition) is 3. The lowest BCUT2D eigenvalue weighted by molar-refractivity contribution is 0.0948. The van der Waals surface area contributed by atoms with E-state index in [1.165, 1.54) is 6.33 Å². The lowest BCUT2D eigenvalue weighted by Gasteiger charge is -2.10. The highest BCUT2D eigenvalue weighted by molar-refractivity contribution is 5.98. The normalized spacial score (nSPS) is 17.7. The van der Waals surface area contributed by atoms with Crippen molar-refractivity contribution < 1.29 is 14.6 Å². The molecular weight excluding hydrogens is 432 g/mol. The van der Waals surface area contributed by atoms with E-state index in [0.717, 1.165) is 24.0 Å². The van der Waals surface area contributed by atoms with Crippen molar-refractivity contribution in [2.45, 2.75) is 38.0 Å². The Balaban J connectivity index is 1.38. The number of aromatic nitrogens is 4. The average Bonchev–Trinajstić information content (AvgIpc) is 3.47. The summed E-state index contributed by atoms with van der Waals surface area (Å²) in [5.74, 6) is 0.709. The summed E-state index contributed by atoms with van der Waals surface area (Å²) in [7, 11) is 1.54. The van der Waals surface area contributed by atoms with Crippen LogP contribution >= 0.6 is 0 Å². The van der Waals surface area contributed by atoms with Crippen LogP contribution in [0.1, 0.15) is 41.2 Å². The summed E-state index contributed by atoms with van der Waals surface area (Å²) in [5.41, 5.74) is 9.91. The first-order valence-electron chi connectivity index (χ1n) is 11.2. The van der Waals surface area contributed by atoms with Crippen LogP contribution in [-0.2, 0) is 6.54 Å². The van der Waals surface area contributed by atoms with E-state index >= 15 is 0 Å². The van der Waals surface area contributed by atoms with Gasteiger partial charge in [-0.25, -0.2) is 14.6 Å². The van der Waals surface area contributed by atoms with Crippen molar-refractivity contribution in [2.24, 2.45) is 0 Å². The highest BCUT2D eigenvalue weighted by Gasteiger charge is 2.28. The van der Waals surface area contributed by atoms with Gasteiger partial charge in [-0.15, -0.1) is 0 Å². The van der Waals surface area contributed by atoms with Gasteiger partial charge in [-0.2, -0.15) is 5.10 Å². The number of benzene rings is 2. The molecule has 0 spiro atoms. The van der Waals surface area contributed by atoms with E-state index in [1.54, 1.807) is 25.3 Å². The Labute approximate surface area is 196 Å². The van der Waals surface area contributed by atoms with E-state index in [1.807, 2.05) is 35.0 Å². The molecule has 0 radical (unpaired) electrons. The van der Waals surface area contributed by atoms with Crippen molar-refractivity contribution in [3.63, 3.8) is 0 Å². The summed E-state index contributed by atoms with van der Waals surface area (Å²) < 4.78 is 7.14. The highest BCUT2D eigenvalue weighted by Crippen LogP contribution is 2.36. The molecule has 9 heteroatoms. The molecule has 2 heterocycles. The molecule has 2 aromatic carbocycles. The number of ether oxygens (including phenoxy) is 1. The van der Waals surface area contributed by atoms with Crippen molar-refractivity contribution in [3.05, 3.63) is 66.0 Å². The van der Waals surface area contributed by atoms with E-state index < -0.39 is 0 Å². The van der Waals surface area contributed by atoms with Crippen LogP contribution in [0.3, 0.4) is 0 Å². The maximum absolute atomic E-state index is 12.6. The van der Waals surface area contributed by atoms with E-state index in [-0.39, 0.29) is 18.1 Å². The Kier molecular flexibility index (Phi) is 5.85. The van der Waals surface area contributed by atoms with Gasteiger partial charge >= 0.3 is 0 Å². The largest absolute Gasteiger partial charge is 0.496 e. The number of anilines is 1. The van der Waals surface area contributed by atoms with Gasteiger partial charge in [0.15, 0.2) is 5.65 Å². The number of nitrogens with one attached hydrogen (secondary N) is 1. The molecular formula is C25H26N6O3. The predicted molar refractivity (Wildman–Crippen MR) is 128 cm³/mol. The van der Waals surface area contributed by atoms with Crippen LogP contribution in [0.5, 0.6) is 5.75 Å². The molecule has 1 saturated carbocycles. The molecule has 0 aliphatic heterocycles. The second-order valence-corrected chi connectivity index (χ2v) is 8.45. The third-order valence-electron chi connectivity index (χ3n) is 6.27. The van der Waals surface area contributed by atoms with Gasteiger partial charge in [0, 0.05) is 12.1 Å². The van der Waals surface area contributed by atoms with Crippen LogP contribution in [0.25, 0.3) is 22.3 Å². The van der Waals surface area contributed by atoms with E-state index in [0.29, 0.717) is 46.8 Å². The zero-order chi connectivity index (χ0) is 23.7. The molecule has 1 aliphatic rings. The molecule has 0 bridgehead atoms. The summed E-state index contributed by atoms with van der Waals surface area (Å²) in [4.78, 5) is 21.2. The summed E-state index contributed by atoms with van der Waals surface area (Å²) in [5, 5.41) is 18.5. The molecule has 34 heavy (non-hydrogen) atoms. The van der Waals surface area contributed by atoms with Gasteiger partial charge in [-0.3, -0.25) is 4.79 Å². The molecule has 2 aromatic heterocycles. The first-order chi connectivity index (χ1) is 16.5. The van der Waals surface area contributed by atoms with Crippen LogP contribution in [0.2, 0.25) is 0 Å². The number of carbonyl (C=O) groups excluding carboxylic acids is 1. The third kappa shape index (κ3) is 4.06. The number of rotatable bonds is 6. The highest BCUT2D eigenvalue weighted by atomic mass is 16.5. The Morgan fingerprint density at radius 1 is 1.18 bits per heavy atom. The van der Waals surface area contributed by atoms with Gasteiger partial charge in [-0.1, -0.05) is 36.4 Å². The molecule has 1 fully saturated rings. The van der Waals surface area contributed by atoms with Crippen LogP contribution in [-0.4, -0.2) is 44.0 Å². The molecule has 0 saturated heterocycles. The molecule has 1 amide bonds. The zero-order valence-corrected chi connectivity index (χ0v) is 18.8. The monoisotopic (exact) mass is 458 g/mol. The molecule has 2 atom stereocenters. The minimum absolute atomic E-state index is 0.0741. The Morgan fingerprint density at radius 2 is 1.97 bits per heavy atom. The van der Waals surface area contributed by atoms with Crippen LogP contribution < -0.4 is 15.8 Å². The number of carbonyl (C=O) groups is 1. The fraction of sp³-hybridized carbons (Fsp3) is 0.280. The van der Waals surface area contributed by atoms with Crippen molar-refractivity contribution in [2.75, 3.05) is 12.8 Å². The van der Waals surface area contributed by atoms with Gasteiger partial charge in [0.2, 0.25) is 0 Å². The number of nitrogen functional groups attached to an aromatic ring is 1. The van der Waals surface area contributed by atoms with Crippen LogP contribution in [0, 0.1) is 0 Å². The SMILES string of the molecule is COc1ccccc1C(=O)NCc1ccc(-c2nn([C@@H]3CCC(O)C3)c3ncnc(N)c23)cc1. The number of para-hydroxylation sites is 1. The number of nitrogens with zero attached hydrogens (tertiary/aromatic N) is 4. The lowest BCUT2D eigenvalue weighted by atomic mass is 10.1. The predicted octanol–water partition coefficient (Wildman–Crippen LogP) is 3.10. The fourth-order valence-electron chi connectivity index (χ4n) is 4.50. The summed E-state index contributed by atoms with van der Waals surface area (Å²) >= 11 is 0. The number of aliphatic hydroxyl groups excluding tert-OH is 1.